The van der Waals surface area contributed by atoms with Gasteiger partial charge in [-0.15, -0.1) is 0 Å². The third-order valence-corrected chi connectivity index (χ3v) is 7.27. The van der Waals surface area contributed by atoms with Crippen LogP contribution in [0.1, 0.15) is 38.5 Å². The van der Waals surface area contributed by atoms with E-state index < -0.39 is 20.9 Å². The summed E-state index contributed by atoms with van der Waals surface area (Å²) >= 11 is 0. The average molecular weight is 354 g/mol. The van der Waals surface area contributed by atoms with E-state index in [2.05, 4.69) is 5.32 Å². The third-order valence-electron chi connectivity index (χ3n) is 4.99. The Morgan fingerprint density at radius 3 is 2.21 bits per heavy atom. The van der Waals surface area contributed by atoms with E-state index in [0.717, 1.165) is 37.8 Å². The molecule has 0 bridgehead atoms. The first-order chi connectivity index (χ1) is 11.5. The minimum atomic E-state index is -3.48. The SMILES string of the molecule is O=C(NC1CCCC1)N1CCC(S(=O)(=O)c2ccc(F)cc2)CC1. The van der Waals surface area contributed by atoms with Gasteiger partial charge in [0.15, 0.2) is 9.84 Å². The molecule has 5 nitrogen and oxygen atoms in total. The summed E-state index contributed by atoms with van der Waals surface area (Å²) < 4.78 is 38.2. The van der Waals surface area contributed by atoms with Crippen LogP contribution in [0.15, 0.2) is 29.2 Å². The van der Waals surface area contributed by atoms with Crippen molar-refractivity contribution in [2.75, 3.05) is 13.1 Å². The molecule has 0 radical (unpaired) electrons. The molecule has 0 aromatic heterocycles. The number of benzene rings is 1. The first-order valence-corrected chi connectivity index (χ1v) is 10.1. The zero-order valence-electron chi connectivity index (χ0n) is 13.6. The number of piperidine rings is 1. The van der Waals surface area contributed by atoms with Gasteiger partial charge < -0.3 is 10.2 Å². The molecule has 1 aliphatic heterocycles. The molecule has 1 aromatic carbocycles. The lowest BCUT2D eigenvalue weighted by atomic mass is 10.1. The van der Waals surface area contributed by atoms with Gasteiger partial charge in [0.1, 0.15) is 5.82 Å². The number of carbonyl (C=O) groups excluding carboxylic acids is 1. The second-order valence-corrected chi connectivity index (χ2v) is 8.84. The lowest BCUT2D eigenvalue weighted by Crippen LogP contribution is -2.49. The Labute approximate surface area is 142 Å². The first kappa shape index (κ1) is 17.2. The highest BCUT2D eigenvalue weighted by molar-refractivity contribution is 7.92. The van der Waals surface area contributed by atoms with Crippen molar-refractivity contribution in [1.29, 1.82) is 0 Å². The van der Waals surface area contributed by atoms with Gasteiger partial charge in [-0.2, -0.15) is 0 Å². The number of nitrogens with zero attached hydrogens (tertiary/aromatic N) is 1. The number of amides is 2. The summed E-state index contributed by atoms with van der Waals surface area (Å²) in [6.07, 6.45) is 5.20. The van der Waals surface area contributed by atoms with Crippen LogP contribution in [0.4, 0.5) is 9.18 Å². The van der Waals surface area contributed by atoms with Crippen LogP contribution in [0.25, 0.3) is 0 Å². The monoisotopic (exact) mass is 354 g/mol. The van der Waals surface area contributed by atoms with Crippen molar-refractivity contribution in [3.63, 3.8) is 0 Å². The standard InChI is InChI=1S/C17H23FN2O3S/c18-13-5-7-15(8-6-13)24(22,23)16-9-11-20(12-10-16)17(21)19-14-3-1-2-4-14/h5-8,14,16H,1-4,9-12H2,(H,19,21). The van der Waals surface area contributed by atoms with Gasteiger partial charge in [0, 0.05) is 19.1 Å². The Balaban J connectivity index is 1.57. The van der Waals surface area contributed by atoms with E-state index >= 15 is 0 Å². The molecule has 1 heterocycles. The maximum Gasteiger partial charge on any atom is 0.317 e. The molecule has 3 rings (SSSR count). The molecule has 1 saturated carbocycles. The normalized spacial score (nSPS) is 20.3. The van der Waals surface area contributed by atoms with Crippen molar-refractivity contribution in [2.45, 2.75) is 54.7 Å². The number of likely N-dealkylation sites (tertiary alicyclic amines) is 1. The van der Waals surface area contributed by atoms with Gasteiger partial charge in [-0.05, 0) is 49.9 Å². The molecule has 1 saturated heterocycles. The number of nitrogens with one attached hydrogen (secondary N) is 1. The van der Waals surface area contributed by atoms with Crippen molar-refractivity contribution in [2.24, 2.45) is 0 Å². The smallest absolute Gasteiger partial charge is 0.317 e. The maximum absolute atomic E-state index is 13.0. The zero-order valence-corrected chi connectivity index (χ0v) is 14.4. The summed E-state index contributed by atoms with van der Waals surface area (Å²) in [6.45, 7) is 0.868. The van der Waals surface area contributed by atoms with Crippen LogP contribution in [0.3, 0.4) is 0 Å². The molecular weight excluding hydrogens is 331 g/mol. The quantitative estimate of drug-likeness (QED) is 0.849. The number of rotatable bonds is 3. The summed E-state index contributed by atoms with van der Waals surface area (Å²) in [6, 6.07) is 5.12. The maximum atomic E-state index is 13.0. The Morgan fingerprint density at radius 2 is 1.62 bits per heavy atom. The van der Waals surface area contributed by atoms with Gasteiger partial charge in [-0.3, -0.25) is 0 Å². The molecule has 2 amide bonds. The highest BCUT2D eigenvalue weighted by Crippen LogP contribution is 2.25. The summed E-state index contributed by atoms with van der Waals surface area (Å²) in [4.78, 5) is 14.1. The molecule has 24 heavy (non-hydrogen) atoms. The van der Waals surface area contributed by atoms with Crippen LogP contribution in [-0.2, 0) is 9.84 Å². The fourth-order valence-electron chi connectivity index (χ4n) is 3.52. The van der Waals surface area contributed by atoms with E-state index in [4.69, 9.17) is 0 Å². The Hall–Kier alpha value is -1.63. The van der Waals surface area contributed by atoms with Crippen molar-refractivity contribution in [1.82, 2.24) is 10.2 Å². The van der Waals surface area contributed by atoms with Crippen molar-refractivity contribution >= 4 is 15.9 Å². The van der Waals surface area contributed by atoms with E-state index in [1.165, 1.54) is 12.1 Å². The summed E-state index contributed by atoms with van der Waals surface area (Å²) in [5, 5.41) is 2.52. The van der Waals surface area contributed by atoms with E-state index in [1.807, 2.05) is 0 Å². The number of hydrogen-bond donors (Lipinski definition) is 1. The van der Waals surface area contributed by atoms with Gasteiger partial charge in [-0.25, -0.2) is 17.6 Å². The topological polar surface area (TPSA) is 66.5 Å². The Kier molecular flexibility index (Phi) is 5.08. The Morgan fingerprint density at radius 1 is 1.04 bits per heavy atom. The lowest BCUT2D eigenvalue weighted by molar-refractivity contribution is 0.183. The van der Waals surface area contributed by atoms with Gasteiger partial charge in [0.25, 0.3) is 0 Å². The highest BCUT2D eigenvalue weighted by atomic mass is 32.2. The summed E-state index contributed by atoms with van der Waals surface area (Å²) in [7, 11) is -3.48. The molecule has 7 heteroatoms. The van der Waals surface area contributed by atoms with E-state index in [-0.39, 0.29) is 17.0 Å². The third kappa shape index (κ3) is 3.71. The minimum absolute atomic E-state index is 0.0838. The number of hydrogen-bond acceptors (Lipinski definition) is 3. The van der Waals surface area contributed by atoms with E-state index in [1.54, 1.807) is 4.90 Å². The number of carbonyl (C=O) groups is 1. The van der Waals surface area contributed by atoms with Crippen molar-refractivity contribution < 1.29 is 17.6 Å². The first-order valence-electron chi connectivity index (χ1n) is 8.52. The van der Waals surface area contributed by atoms with Gasteiger partial charge in [-0.1, -0.05) is 12.8 Å². The second kappa shape index (κ2) is 7.09. The summed E-state index contributed by atoms with van der Waals surface area (Å²) in [5.41, 5.74) is 0. The largest absolute Gasteiger partial charge is 0.335 e. The molecule has 1 N–H and O–H groups in total. The van der Waals surface area contributed by atoms with E-state index in [0.29, 0.717) is 25.9 Å². The van der Waals surface area contributed by atoms with Crippen LogP contribution in [-0.4, -0.2) is 43.7 Å². The van der Waals surface area contributed by atoms with Gasteiger partial charge in [0.05, 0.1) is 10.1 Å². The van der Waals surface area contributed by atoms with Crippen LogP contribution in [0.5, 0.6) is 0 Å². The molecule has 0 atom stereocenters. The van der Waals surface area contributed by atoms with Crippen LogP contribution < -0.4 is 5.32 Å². The molecule has 2 fully saturated rings. The van der Waals surface area contributed by atoms with Crippen molar-refractivity contribution in [3.05, 3.63) is 30.1 Å². The highest BCUT2D eigenvalue weighted by Gasteiger charge is 2.33. The number of urea groups is 1. The predicted molar refractivity (Wildman–Crippen MR) is 89.0 cm³/mol. The fraction of sp³-hybridized carbons (Fsp3) is 0.588. The predicted octanol–water partition coefficient (Wildman–Crippen LogP) is 2.72. The summed E-state index contributed by atoms with van der Waals surface area (Å²) in [5.74, 6) is -0.452. The lowest BCUT2D eigenvalue weighted by Gasteiger charge is -2.32. The molecule has 0 unspecified atom stereocenters. The molecular formula is C17H23FN2O3S. The van der Waals surface area contributed by atoms with Gasteiger partial charge in [0.2, 0.25) is 0 Å². The number of halogens is 1. The van der Waals surface area contributed by atoms with E-state index in [9.17, 15) is 17.6 Å². The molecule has 0 spiro atoms. The second-order valence-electron chi connectivity index (χ2n) is 6.62. The van der Waals surface area contributed by atoms with Gasteiger partial charge >= 0.3 is 6.03 Å². The molecule has 132 valence electrons. The van der Waals surface area contributed by atoms with Crippen LogP contribution in [0.2, 0.25) is 0 Å². The Bertz CT molecular complexity index is 676. The molecule has 1 aromatic rings. The van der Waals surface area contributed by atoms with Crippen molar-refractivity contribution in [3.8, 4) is 0 Å². The van der Waals surface area contributed by atoms with Crippen LogP contribution >= 0.6 is 0 Å². The average Bonchev–Trinajstić information content (AvgIpc) is 3.08. The van der Waals surface area contributed by atoms with Crippen LogP contribution in [0, 0.1) is 5.82 Å². The fourth-order valence-corrected chi connectivity index (χ4v) is 5.25. The molecule has 1 aliphatic carbocycles. The zero-order chi connectivity index (χ0) is 17.2. The molecule has 2 aliphatic rings. The minimum Gasteiger partial charge on any atom is -0.335 e. The number of sulfone groups is 1.